The quantitative estimate of drug-likeness (QED) is 0.773. The molecule has 1 saturated heterocycles. The maximum absolute atomic E-state index is 14.8. The minimum Gasteiger partial charge on any atom is -0.497 e. The van der Waals surface area contributed by atoms with Crippen LogP contribution < -0.4 is 14.4 Å². The van der Waals surface area contributed by atoms with E-state index < -0.39 is 5.82 Å². The molecule has 1 fully saturated rings. The van der Waals surface area contributed by atoms with Crippen LogP contribution >= 0.6 is 0 Å². The number of hydrogen-bond donors (Lipinski definition) is 0. The van der Waals surface area contributed by atoms with Gasteiger partial charge in [0.05, 0.1) is 25.9 Å². The molecule has 0 spiro atoms. The Morgan fingerprint density at radius 3 is 2.68 bits per heavy atom. The third kappa shape index (κ3) is 3.83. The van der Waals surface area contributed by atoms with E-state index >= 15 is 0 Å². The molecule has 0 aromatic heterocycles. The summed E-state index contributed by atoms with van der Waals surface area (Å²) in [6.45, 7) is 0.978. The molecule has 0 aliphatic carbocycles. The molecule has 0 N–H and O–H groups in total. The number of carbonyl (C=O) groups excluding carboxylic acids is 1. The van der Waals surface area contributed by atoms with Crippen LogP contribution in [-0.2, 0) is 22.5 Å². The highest BCUT2D eigenvalue weighted by atomic mass is 19.1. The van der Waals surface area contributed by atoms with E-state index in [0.717, 1.165) is 36.1 Å². The van der Waals surface area contributed by atoms with Crippen molar-refractivity contribution in [1.82, 2.24) is 0 Å². The predicted octanol–water partition coefficient (Wildman–Crippen LogP) is 4.22. The van der Waals surface area contributed by atoms with E-state index in [1.165, 1.54) is 11.0 Å². The van der Waals surface area contributed by atoms with Gasteiger partial charge in [-0.1, -0.05) is 12.1 Å². The molecule has 2 aliphatic heterocycles. The summed E-state index contributed by atoms with van der Waals surface area (Å²) in [5.41, 5.74) is 1.96. The average molecular weight is 385 g/mol. The van der Waals surface area contributed by atoms with Crippen LogP contribution in [0.25, 0.3) is 0 Å². The number of amides is 1. The Hall–Kier alpha value is -2.60. The van der Waals surface area contributed by atoms with Crippen LogP contribution in [0.4, 0.5) is 10.1 Å². The second-order valence-corrected chi connectivity index (χ2v) is 7.11. The zero-order valence-corrected chi connectivity index (χ0v) is 15.9. The van der Waals surface area contributed by atoms with Crippen LogP contribution in [0, 0.1) is 5.82 Å². The first-order chi connectivity index (χ1) is 13.7. The van der Waals surface area contributed by atoms with Gasteiger partial charge < -0.3 is 19.1 Å². The molecule has 148 valence electrons. The van der Waals surface area contributed by atoms with Gasteiger partial charge in [0.15, 0.2) is 6.29 Å². The normalized spacial score (nSPS) is 19.3. The largest absolute Gasteiger partial charge is 0.497 e. The summed E-state index contributed by atoms with van der Waals surface area (Å²) in [6.07, 6.45) is 3.39. The Morgan fingerprint density at radius 2 is 1.96 bits per heavy atom. The van der Waals surface area contributed by atoms with E-state index in [1.807, 2.05) is 24.3 Å². The highest BCUT2D eigenvalue weighted by Crippen LogP contribution is 2.39. The zero-order chi connectivity index (χ0) is 19.5. The number of ether oxygens (including phenoxy) is 3. The van der Waals surface area contributed by atoms with Gasteiger partial charge in [-0.05, 0) is 49.1 Å². The molecule has 2 aromatic carbocycles. The lowest BCUT2D eigenvalue weighted by Crippen LogP contribution is -2.36. The van der Waals surface area contributed by atoms with Crippen LogP contribution in [0.5, 0.6) is 11.5 Å². The fourth-order valence-corrected chi connectivity index (χ4v) is 3.75. The van der Waals surface area contributed by atoms with E-state index in [0.29, 0.717) is 37.4 Å². The summed E-state index contributed by atoms with van der Waals surface area (Å²) in [7, 11) is 1.60. The van der Waals surface area contributed by atoms with E-state index in [9.17, 15) is 9.18 Å². The second-order valence-electron chi connectivity index (χ2n) is 7.11. The van der Waals surface area contributed by atoms with Crippen LogP contribution in [0.2, 0.25) is 0 Å². The highest BCUT2D eigenvalue weighted by Gasteiger charge is 2.30. The fraction of sp³-hybridized carbons (Fsp3) is 0.409. The van der Waals surface area contributed by atoms with E-state index in [-0.39, 0.29) is 12.2 Å². The van der Waals surface area contributed by atoms with Gasteiger partial charge in [-0.25, -0.2) is 4.39 Å². The van der Waals surface area contributed by atoms with Gasteiger partial charge in [0, 0.05) is 18.4 Å². The van der Waals surface area contributed by atoms with Crippen LogP contribution in [0.3, 0.4) is 0 Å². The Morgan fingerprint density at radius 1 is 1.14 bits per heavy atom. The molecule has 0 bridgehead atoms. The lowest BCUT2D eigenvalue weighted by Gasteiger charge is -2.32. The number of halogens is 1. The third-order valence-electron chi connectivity index (χ3n) is 5.25. The minimum atomic E-state index is -0.409. The number of methoxy groups -OCH3 is 1. The summed E-state index contributed by atoms with van der Waals surface area (Å²) in [4.78, 5) is 14.1. The van der Waals surface area contributed by atoms with Gasteiger partial charge in [0.25, 0.3) is 0 Å². The Labute approximate surface area is 164 Å². The number of fused-ring (bicyclic) bond motifs is 1. The first-order valence-corrected chi connectivity index (χ1v) is 9.68. The first-order valence-electron chi connectivity index (χ1n) is 9.68. The van der Waals surface area contributed by atoms with Crippen molar-refractivity contribution in [1.29, 1.82) is 0 Å². The van der Waals surface area contributed by atoms with Gasteiger partial charge >= 0.3 is 0 Å². The molecule has 1 unspecified atom stereocenters. The lowest BCUT2D eigenvalue weighted by molar-refractivity contribution is -0.119. The Bertz CT molecular complexity index is 846. The van der Waals surface area contributed by atoms with Crippen molar-refractivity contribution < 1.29 is 23.4 Å². The van der Waals surface area contributed by atoms with Crippen molar-refractivity contribution in [2.24, 2.45) is 0 Å². The molecule has 5 nitrogen and oxygen atoms in total. The van der Waals surface area contributed by atoms with Crippen molar-refractivity contribution in [3.8, 4) is 11.5 Å². The van der Waals surface area contributed by atoms with Crippen molar-refractivity contribution in [3.63, 3.8) is 0 Å². The molecule has 6 heteroatoms. The van der Waals surface area contributed by atoms with Crippen LogP contribution in [0.15, 0.2) is 36.4 Å². The van der Waals surface area contributed by atoms with E-state index in [4.69, 9.17) is 14.2 Å². The maximum atomic E-state index is 14.8. The second kappa shape index (κ2) is 8.19. The number of hydrogen-bond acceptors (Lipinski definition) is 4. The Balaban J connectivity index is 1.63. The van der Waals surface area contributed by atoms with Gasteiger partial charge in [-0.3, -0.25) is 4.79 Å². The van der Waals surface area contributed by atoms with Crippen molar-refractivity contribution in [2.75, 3.05) is 18.6 Å². The summed E-state index contributed by atoms with van der Waals surface area (Å²) in [6, 6.07) is 10.5. The molecule has 28 heavy (non-hydrogen) atoms. The van der Waals surface area contributed by atoms with Gasteiger partial charge in [0.1, 0.15) is 17.3 Å². The lowest BCUT2D eigenvalue weighted by atomic mass is 9.98. The van der Waals surface area contributed by atoms with E-state index in [2.05, 4.69) is 0 Å². The van der Waals surface area contributed by atoms with Crippen molar-refractivity contribution >= 4 is 11.6 Å². The Kier molecular flexibility index (Phi) is 5.48. The minimum absolute atomic E-state index is 0.0896. The number of anilines is 1. The van der Waals surface area contributed by atoms with Crippen LogP contribution in [-0.4, -0.2) is 25.9 Å². The topological polar surface area (TPSA) is 48.0 Å². The molecular formula is C22H24FNO4. The monoisotopic (exact) mass is 385 g/mol. The molecule has 2 heterocycles. The smallest absolute Gasteiger partial charge is 0.227 e. The molecule has 1 atom stereocenters. The number of nitrogens with zero attached hydrogens (tertiary/aromatic N) is 1. The van der Waals surface area contributed by atoms with Crippen molar-refractivity contribution in [3.05, 3.63) is 53.3 Å². The molecule has 2 aromatic rings. The van der Waals surface area contributed by atoms with Gasteiger partial charge in [-0.15, -0.1) is 0 Å². The summed E-state index contributed by atoms with van der Waals surface area (Å²) >= 11 is 0. The molecule has 0 radical (unpaired) electrons. The predicted molar refractivity (Wildman–Crippen MR) is 103 cm³/mol. The number of rotatable bonds is 5. The average Bonchev–Trinajstić information content (AvgIpc) is 2.73. The highest BCUT2D eigenvalue weighted by molar-refractivity contribution is 5.97. The maximum Gasteiger partial charge on any atom is 0.227 e. The standard InChI is InChI=1S/C22H24FNO4/c1-26-16-7-5-15(6-8-16)14-24-20(25)12-9-17-19(11-10-18(23)22(17)24)28-21-4-2-3-13-27-21/h5-8,10-11,21H,2-4,9,12-14H2,1H3. The summed E-state index contributed by atoms with van der Waals surface area (Å²) < 4.78 is 31.6. The fourth-order valence-electron chi connectivity index (χ4n) is 3.75. The summed E-state index contributed by atoms with van der Waals surface area (Å²) in [5, 5.41) is 0. The molecule has 4 rings (SSSR count). The first kappa shape index (κ1) is 18.7. The molecule has 2 aliphatic rings. The number of carbonyl (C=O) groups is 1. The van der Waals surface area contributed by atoms with Crippen LogP contribution in [0.1, 0.15) is 36.8 Å². The van der Waals surface area contributed by atoms with Crippen molar-refractivity contribution in [2.45, 2.75) is 44.9 Å². The SMILES string of the molecule is COc1ccc(CN2C(=O)CCc3c(OC4CCCCO4)ccc(F)c32)cc1. The third-order valence-corrected chi connectivity index (χ3v) is 5.25. The molecular weight excluding hydrogens is 361 g/mol. The molecule has 0 saturated carbocycles. The summed E-state index contributed by atoms with van der Waals surface area (Å²) in [5.74, 6) is 0.848. The number of benzene rings is 2. The molecule has 1 amide bonds. The van der Waals surface area contributed by atoms with E-state index in [1.54, 1.807) is 13.2 Å². The van der Waals surface area contributed by atoms with Gasteiger partial charge in [0.2, 0.25) is 5.91 Å². The van der Waals surface area contributed by atoms with Gasteiger partial charge in [-0.2, -0.15) is 0 Å². The zero-order valence-electron chi connectivity index (χ0n) is 15.9.